The molecule has 0 fully saturated rings. The van der Waals surface area contributed by atoms with Crippen LogP contribution < -0.4 is 5.32 Å². The zero-order valence-corrected chi connectivity index (χ0v) is 10.4. The minimum Gasteiger partial charge on any atom is -0.478 e. The Bertz CT molecular complexity index is 523. The number of carboxylic acids is 1. The molecule has 0 atom stereocenters. The second-order valence-electron chi connectivity index (χ2n) is 3.49. The zero-order valence-electron chi connectivity index (χ0n) is 9.61. The average Bonchev–Trinajstić information content (AvgIpc) is 2.28. The van der Waals surface area contributed by atoms with Crippen LogP contribution in [-0.4, -0.2) is 35.6 Å². The van der Waals surface area contributed by atoms with Gasteiger partial charge in [0.15, 0.2) is 0 Å². The van der Waals surface area contributed by atoms with Gasteiger partial charge >= 0.3 is 12.0 Å². The number of halogens is 1. The smallest absolute Gasteiger partial charge is 0.337 e. The third-order valence-corrected chi connectivity index (χ3v) is 2.44. The van der Waals surface area contributed by atoms with E-state index in [1.807, 2.05) is 0 Å². The summed E-state index contributed by atoms with van der Waals surface area (Å²) in [6.45, 7) is 0.173. The number of benzene rings is 1. The highest BCUT2D eigenvalue weighted by Gasteiger charge is 2.11. The van der Waals surface area contributed by atoms with Gasteiger partial charge in [0.25, 0.3) is 0 Å². The molecule has 1 aromatic rings. The first-order chi connectivity index (χ1) is 8.45. The van der Waals surface area contributed by atoms with Crippen LogP contribution >= 0.6 is 11.6 Å². The van der Waals surface area contributed by atoms with Crippen LogP contribution in [0.4, 0.5) is 10.5 Å². The molecule has 0 aromatic heterocycles. The molecule has 0 unspecified atom stereocenters. The van der Waals surface area contributed by atoms with Gasteiger partial charge in [-0.05, 0) is 18.2 Å². The van der Waals surface area contributed by atoms with E-state index in [-0.39, 0.29) is 17.1 Å². The highest BCUT2D eigenvalue weighted by molar-refractivity contribution is 6.33. The van der Waals surface area contributed by atoms with E-state index in [1.165, 1.54) is 23.1 Å². The lowest BCUT2D eigenvalue weighted by molar-refractivity contribution is 0.0697. The number of aromatic carboxylic acids is 1. The average molecular weight is 267 g/mol. The molecule has 2 amide bonds. The molecule has 0 aliphatic heterocycles. The van der Waals surface area contributed by atoms with E-state index >= 15 is 0 Å². The van der Waals surface area contributed by atoms with Crippen LogP contribution in [0.2, 0.25) is 5.02 Å². The van der Waals surface area contributed by atoms with E-state index in [2.05, 4.69) is 11.2 Å². The van der Waals surface area contributed by atoms with Crippen molar-refractivity contribution in [3.8, 4) is 12.3 Å². The van der Waals surface area contributed by atoms with Gasteiger partial charge < -0.3 is 15.3 Å². The number of amides is 2. The first-order valence-electron chi connectivity index (χ1n) is 4.94. The Kier molecular flexibility index (Phi) is 4.58. The maximum Gasteiger partial charge on any atom is 0.337 e. The van der Waals surface area contributed by atoms with Gasteiger partial charge in [-0.15, -0.1) is 6.42 Å². The fraction of sp³-hybridized carbons (Fsp3) is 0.167. The Morgan fingerprint density at radius 1 is 1.56 bits per heavy atom. The fourth-order valence-electron chi connectivity index (χ4n) is 1.19. The minimum absolute atomic E-state index is 0.0216. The van der Waals surface area contributed by atoms with Gasteiger partial charge in [-0.25, -0.2) is 9.59 Å². The molecule has 0 saturated heterocycles. The number of hydrogen-bond donors (Lipinski definition) is 2. The molecular formula is C12H11ClN2O3. The summed E-state index contributed by atoms with van der Waals surface area (Å²) in [5.74, 6) is 1.21. The van der Waals surface area contributed by atoms with Crippen molar-refractivity contribution >= 4 is 29.3 Å². The Morgan fingerprint density at radius 2 is 2.22 bits per heavy atom. The number of hydrogen-bond acceptors (Lipinski definition) is 2. The predicted octanol–water partition coefficient (Wildman–Crippen LogP) is 2.14. The Morgan fingerprint density at radius 3 is 2.72 bits per heavy atom. The van der Waals surface area contributed by atoms with Gasteiger partial charge in [0.1, 0.15) is 0 Å². The first-order valence-corrected chi connectivity index (χ1v) is 5.32. The monoisotopic (exact) mass is 266 g/mol. The van der Waals surface area contributed by atoms with Crippen LogP contribution in [0.15, 0.2) is 18.2 Å². The summed E-state index contributed by atoms with van der Waals surface area (Å²) < 4.78 is 0. The maximum absolute atomic E-state index is 11.6. The molecular weight excluding hydrogens is 256 g/mol. The number of rotatable bonds is 3. The molecule has 1 aromatic carbocycles. The molecule has 0 aliphatic carbocycles. The van der Waals surface area contributed by atoms with Crippen molar-refractivity contribution in [2.24, 2.45) is 0 Å². The van der Waals surface area contributed by atoms with Gasteiger partial charge in [-0.3, -0.25) is 0 Å². The van der Waals surface area contributed by atoms with Crippen molar-refractivity contribution in [2.75, 3.05) is 18.9 Å². The summed E-state index contributed by atoms with van der Waals surface area (Å²) in [6, 6.07) is 3.75. The summed E-state index contributed by atoms with van der Waals surface area (Å²) in [5, 5.41) is 11.4. The molecule has 18 heavy (non-hydrogen) atoms. The topological polar surface area (TPSA) is 69.6 Å². The molecule has 94 valence electrons. The third kappa shape index (κ3) is 3.40. The van der Waals surface area contributed by atoms with Gasteiger partial charge in [-0.1, -0.05) is 17.5 Å². The highest BCUT2D eigenvalue weighted by Crippen LogP contribution is 2.21. The van der Waals surface area contributed by atoms with Gasteiger partial charge in [0, 0.05) is 12.7 Å². The Hall–Kier alpha value is -2.19. The second-order valence-corrected chi connectivity index (χ2v) is 3.90. The molecule has 0 heterocycles. The van der Waals surface area contributed by atoms with E-state index in [0.717, 1.165) is 0 Å². The van der Waals surface area contributed by atoms with Crippen molar-refractivity contribution in [1.82, 2.24) is 4.90 Å². The quantitative estimate of drug-likeness (QED) is 0.824. The largest absolute Gasteiger partial charge is 0.478 e. The summed E-state index contributed by atoms with van der Waals surface area (Å²) in [7, 11) is 1.54. The fourth-order valence-corrected chi connectivity index (χ4v) is 1.46. The summed E-state index contributed by atoms with van der Waals surface area (Å²) in [5.41, 5.74) is 0.380. The normalized spacial score (nSPS) is 9.39. The number of urea groups is 1. The van der Waals surface area contributed by atoms with E-state index in [4.69, 9.17) is 23.1 Å². The molecule has 0 saturated carbocycles. The summed E-state index contributed by atoms with van der Waals surface area (Å²) >= 11 is 5.77. The number of carbonyl (C=O) groups is 2. The van der Waals surface area contributed by atoms with E-state index in [1.54, 1.807) is 7.05 Å². The SMILES string of the molecule is C#CCN(C)C(=O)Nc1ccc(C(=O)O)c(Cl)c1. The van der Waals surface area contributed by atoms with Crippen LogP contribution in [0.3, 0.4) is 0 Å². The van der Waals surface area contributed by atoms with Crippen molar-refractivity contribution in [1.29, 1.82) is 0 Å². The predicted molar refractivity (Wildman–Crippen MR) is 68.9 cm³/mol. The number of nitrogens with zero attached hydrogens (tertiary/aromatic N) is 1. The van der Waals surface area contributed by atoms with Crippen molar-refractivity contribution < 1.29 is 14.7 Å². The molecule has 2 N–H and O–H groups in total. The number of terminal acetylenes is 1. The third-order valence-electron chi connectivity index (χ3n) is 2.13. The number of nitrogens with one attached hydrogen (secondary N) is 1. The highest BCUT2D eigenvalue weighted by atomic mass is 35.5. The minimum atomic E-state index is -1.12. The van der Waals surface area contributed by atoms with Crippen molar-refractivity contribution in [2.45, 2.75) is 0 Å². The molecule has 5 nitrogen and oxygen atoms in total. The standard InChI is InChI=1S/C12H11ClN2O3/c1-3-6-15(2)12(18)14-8-4-5-9(11(16)17)10(13)7-8/h1,4-5,7H,6H2,2H3,(H,14,18)(H,16,17). The Labute approximate surface area is 109 Å². The summed E-state index contributed by atoms with van der Waals surface area (Å²) in [4.78, 5) is 23.6. The van der Waals surface area contributed by atoms with Crippen molar-refractivity contribution in [3.05, 3.63) is 28.8 Å². The first kappa shape index (κ1) is 13.9. The van der Waals surface area contributed by atoms with E-state index < -0.39 is 12.0 Å². The van der Waals surface area contributed by atoms with Crippen LogP contribution in [0, 0.1) is 12.3 Å². The lowest BCUT2D eigenvalue weighted by Gasteiger charge is -2.15. The van der Waals surface area contributed by atoms with Crippen LogP contribution in [0.1, 0.15) is 10.4 Å². The Balaban J connectivity index is 2.81. The molecule has 0 spiro atoms. The van der Waals surface area contributed by atoms with Crippen LogP contribution in [0.5, 0.6) is 0 Å². The number of carbonyl (C=O) groups excluding carboxylic acids is 1. The molecule has 0 bridgehead atoms. The van der Waals surface area contributed by atoms with Gasteiger partial charge in [0.2, 0.25) is 0 Å². The number of carboxylic acid groups (broad SMARTS) is 1. The van der Waals surface area contributed by atoms with E-state index in [9.17, 15) is 9.59 Å². The zero-order chi connectivity index (χ0) is 13.7. The lowest BCUT2D eigenvalue weighted by atomic mass is 10.2. The van der Waals surface area contributed by atoms with Gasteiger partial charge in [-0.2, -0.15) is 0 Å². The molecule has 0 aliphatic rings. The molecule has 1 rings (SSSR count). The lowest BCUT2D eigenvalue weighted by Crippen LogP contribution is -2.31. The second kappa shape index (κ2) is 5.94. The van der Waals surface area contributed by atoms with Crippen LogP contribution in [0.25, 0.3) is 0 Å². The molecule has 0 radical (unpaired) electrons. The van der Waals surface area contributed by atoms with E-state index in [0.29, 0.717) is 5.69 Å². The van der Waals surface area contributed by atoms with Gasteiger partial charge in [0.05, 0.1) is 17.1 Å². The summed E-state index contributed by atoms with van der Waals surface area (Å²) in [6.07, 6.45) is 5.08. The van der Waals surface area contributed by atoms with Crippen molar-refractivity contribution in [3.63, 3.8) is 0 Å². The number of anilines is 1. The maximum atomic E-state index is 11.6. The molecule has 6 heteroatoms. The van der Waals surface area contributed by atoms with Crippen LogP contribution in [-0.2, 0) is 0 Å².